The van der Waals surface area contributed by atoms with Crippen molar-refractivity contribution in [2.75, 3.05) is 29.1 Å². The van der Waals surface area contributed by atoms with E-state index in [0.717, 1.165) is 47.2 Å². The Morgan fingerprint density at radius 1 is 1.02 bits per heavy atom. The molecule has 1 aliphatic rings. The number of amides is 2. The molecule has 0 saturated carbocycles. The highest BCUT2D eigenvalue weighted by Crippen LogP contribution is 2.34. The van der Waals surface area contributed by atoms with Crippen LogP contribution in [0.3, 0.4) is 0 Å². The van der Waals surface area contributed by atoms with Crippen LogP contribution in [0.5, 0.6) is 11.6 Å². The third kappa shape index (κ3) is 6.65. The highest BCUT2D eigenvalue weighted by molar-refractivity contribution is 6.07. The van der Waals surface area contributed by atoms with Crippen molar-refractivity contribution < 1.29 is 14.3 Å². The highest BCUT2D eigenvalue weighted by atomic mass is 16.5. The van der Waals surface area contributed by atoms with E-state index in [9.17, 15) is 4.79 Å². The monoisotopic (exact) mass is 591 g/mol. The highest BCUT2D eigenvalue weighted by Gasteiger charge is 2.22. The number of anilines is 3. The van der Waals surface area contributed by atoms with Gasteiger partial charge in [0.2, 0.25) is 11.8 Å². The molecule has 2 aromatic heterocycles. The third-order valence-electron chi connectivity index (χ3n) is 7.49. The lowest BCUT2D eigenvalue weighted by atomic mass is 9.92. The quantitative estimate of drug-likeness (QED) is 0.172. The van der Waals surface area contributed by atoms with E-state index in [0.29, 0.717) is 35.6 Å². The van der Waals surface area contributed by atoms with Gasteiger partial charge in [0.1, 0.15) is 11.6 Å². The van der Waals surface area contributed by atoms with Crippen molar-refractivity contribution in [3.63, 3.8) is 0 Å². The van der Waals surface area contributed by atoms with Crippen LogP contribution < -0.4 is 20.7 Å². The zero-order chi connectivity index (χ0) is 30.7. The number of benzene rings is 3. The van der Waals surface area contributed by atoms with Crippen LogP contribution in [0.1, 0.15) is 44.9 Å². The van der Waals surface area contributed by atoms with Crippen molar-refractivity contribution in [2.45, 2.75) is 52.1 Å². The molecular weight excluding hydrogens is 554 g/mol. The molecule has 1 unspecified atom stereocenters. The molecule has 0 radical (unpaired) electrons. The Balaban J connectivity index is 1.21. The first kappa shape index (κ1) is 29.1. The minimum Gasteiger partial charge on any atom is -0.438 e. The molecule has 3 aromatic carbocycles. The van der Waals surface area contributed by atoms with Crippen molar-refractivity contribution in [3.8, 4) is 17.3 Å². The molecule has 226 valence electrons. The van der Waals surface area contributed by atoms with Gasteiger partial charge in [0, 0.05) is 47.7 Å². The van der Waals surface area contributed by atoms with Crippen LogP contribution in [0.4, 0.5) is 22.2 Å². The zero-order valence-corrected chi connectivity index (χ0v) is 25.4. The number of carbonyl (C=O) groups is 1. The molecule has 44 heavy (non-hydrogen) atoms. The van der Waals surface area contributed by atoms with Crippen LogP contribution >= 0.6 is 0 Å². The maximum absolute atomic E-state index is 13.4. The van der Waals surface area contributed by atoms with Gasteiger partial charge in [-0.15, -0.1) is 0 Å². The Morgan fingerprint density at radius 2 is 1.82 bits per heavy atom. The molecule has 3 N–H and O–H groups in total. The Kier molecular flexibility index (Phi) is 8.17. The van der Waals surface area contributed by atoms with E-state index >= 15 is 0 Å². The summed E-state index contributed by atoms with van der Waals surface area (Å²) < 4.78 is 13.6. The van der Waals surface area contributed by atoms with Crippen LogP contribution in [-0.4, -0.2) is 45.0 Å². The molecule has 1 fully saturated rings. The fourth-order valence-corrected chi connectivity index (χ4v) is 5.07. The molecule has 5 aromatic rings. The van der Waals surface area contributed by atoms with E-state index in [1.54, 1.807) is 16.9 Å². The van der Waals surface area contributed by atoms with Gasteiger partial charge in [0.15, 0.2) is 0 Å². The summed E-state index contributed by atoms with van der Waals surface area (Å²) in [6, 6.07) is 22.7. The van der Waals surface area contributed by atoms with Crippen molar-refractivity contribution >= 4 is 34.3 Å². The Labute approximate surface area is 256 Å². The molecule has 1 aliphatic heterocycles. The number of nitrogens with zero attached hydrogens (tertiary/aromatic N) is 4. The molecule has 10 nitrogen and oxygen atoms in total. The predicted molar refractivity (Wildman–Crippen MR) is 173 cm³/mol. The van der Waals surface area contributed by atoms with Crippen molar-refractivity contribution in [1.29, 1.82) is 0 Å². The first-order chi connectivity index (χ1) is 21.2. The minimum atomic E-state index is -0.379. The molecular formula is C34H37N7O3. The van der Waals surface area contributed by atoms with Crippen molar-refractivity contribution in [3.05, 3.63) is 90.3 Å². The fraction of sp³-hybridized carbons (Fsp3) is 0.294. The predicted octanol–water partition coefficient (Wildman–Crippen LogP) is 7.45. The molecule has 0 bridgehead atoms. The van der Waals surface area contributed by atoms with Gasteiger partial charge in [-0.25, -0.2) is 14.5 Å². The van der Waals surface area contributed by atoms with Crippen molar-refractivity contribution in [2.24, 2.45) is 0 Å². The third-order valence-corrected chi connectivity index (χ3v) is 7.49. The number of ether oxygens (including phenoxy) is 2. The first-order valence-corrected chi connectivity index (χ1v) is 14.9. The van der Waals surface area contributed by atoms with E-state index in [2.05, 4.69) is 46.7 Å². The fourth-order valence-electron chi connectivity index (χ4n) is 5.07. The van der Waals surface area contributed by atoms with Crippen LogP contribution in [0.25, 0.3) is 16.5 Å². The first-order valence-electron chi connectivity index (χ1n) is 14.9. The van der Waals surface area contributed by atoms with E-state index in [1.807, 2.05) is 73.7 Å². The summed E-state index contributed by atoms with van der Waals surface area (Å²) in [5.41, 5.74) is 3.33. The number of nitrogens with one attached hydrogen (secondary N) is 3. The van der Waals surface area contributed by atoms with Crippen LogP contribution in [0, 0.1) is 6.92 Å². The smallest absolute Gasteiger partial charge is 0.324 e. The molecule has 0 aliphatic carbocycles. The number of hydrogen-bond donors (Lipinski definition) is 3. The lowest BCUT2D eigenvalue weighted by Crippen LogP contribution is -2.21. The van der Waals surface area contributed by atoms with Gasteiger partial charge in [-0.1, -0.05) is 62.7 Å². The Bertz CT molecular complexity index is 1770. The zero-order valence-electron chi connectivity index (χ0n) is 25.4. The van der Waals surface area contributed by atoms with Crippen LogP contribution in [0.2, 0.25) is 0 Å². The number of carbonyl (C=O) groups excluding carboxylic acids is 1. The summed E-state index contributed by atoms with van der Waals surface area (Å²) in [5, 5.41) is 15.7. The van der Waals surface area contributed by atoms with E-state index in [1.165, 1.54) is 0 Å². The summed E-state index contributed by atoms with van der Waals surface area (Å²) in [7, 11) is 0. The van der Waals surface area contributed by atoms with Crippen LogP contribution in [-0.2, 0) is 10.2 Å². The van der Waals surface area contributed by atoms with E-state index in [4.69, 9.17) is 14.6 Å². The van der Waals surface area contributed by atoms with Gasteiger partial charge in [0.05, 0.1) is 23.2 Å². The maximum Gasteiger partial charge on any atom is 0.324 e. The second-order valence-electron chi connectivity index (χ2n) is 12.0. The Hall–Kier alpha value is -4.96. The molecule has 1 saturated heterocycles. The summed E-state index contributed by atoms with van der Waals surface area (Å²) in [6.07, 6.45) is 3.94. The molecule has 1 atom stereocenters. The lowest BCUT2D eigenvalue weighted by Gasteiger charge is -2.14. The van der Waals surface area contributed by atoms with E-state index in [-0.39, 0.29) is 17.6 Å². The topological polar surface area (TPSA) is 115 Å². The van der Waals surface area contributed by atoms with Crippen LogP contribution in [0.15, 0.2) is 79.0 Å². The normalized spacial score (nSPS) is 14.9. The molecule has 3 heterocycles. The second-order valence-corrected chi connectivity index (χ2v) is 12.0. The minimum absolute atomic E-state index is 0.174. The SMILES string of the molecule is Cc1ccc(-n2nc(C(C)(C)C)cc2NC(=O)Nc2ccc(Oc3ccnc(NCC4CCCO4)n3)c3ccccc23)cc1. The maximum atomic E-state index is 13.4. The van der Waals surface area contributed by atoms with Gasteiger partial charge in [0.25, 0.3) is 0 Å². The van der Waals surface area contributed by atoms with Gasteiger partial charge < -0.3 is 20.1 Å². The van der Waals surface area contributed by atoms with Crippen molar-refractivity contribution in [1.82, 2.24) is 19.7 Å². The number of rotatable bonds is 8. The van der Waals surface area contributed by atoms with Gasteiger partial charge in [-0.2, -0.15) is 10.1 Å². The lowest BCUT2D eigenvalue weighted by molar-refractivity contribution is 0.120. The molecule has 0 spiro atoms. The summed E-state index contributed by atoms with van der Waals surface area (Å²) in [4.78, 5) is 22.2. The number of aromatic nitrogens is 4. The summed E-state index contributed by atoms with van der Waals surface area (Å²) >= 11 is 0. The molecule has 6 rings (SSSR count). The average Bonchev–Trinajstić information content (AvgIpc) is 3.69. The Morgan fingerprint density at radius 3 is 2.57 bits per heavy atom. The largest absolute Gasteiger partial charge is 0.438 e. The summed E-state index contributed by atoms with van der Waals surface area (Å²) in [6.45, 7) is 9.77. The van der Waals surface area contributed by atoms with E-state index < -0.39 is 0 Å². The average molecular weight is 592 g/mol. The number of aryl methyl sites for hydroxylation is 1. The second kappa shape index (κ2) is 12.3. The number of urea groups is 1. The van der Waals surface area contributed by atoms with Gasteiger partial charge in [-0.3, -0.25) is 5.32 Å². The van der Waals surface area contributed by atoms with Gasteiger partial charge in [-0.05, 0) is 44.0 Å². The summed E-state index contributed by atoms with van der Waals surface area (Å²) in [5.74, 6) is 2.09. The number of fused-ring (bicyclic) bond motifs is 1. The van der Waals surface area contributed by atoms with Gasteiger partial charge >= 0.3 is 6.03 Å². The molecule has 10 heteroatoms. The standard InChI is InChI=1S/C34H37N7O3/c1-22-11-13-23(14-12-22)41-30(20-29(40-41)34(2,3)4)38-33(42)37-27-15-16-28(26-10-6-5-9-25(26)27)44-31-17-18-35-32(39-31)36-21-24-8-7-19-43-24/h5-6,9-18,20,24H,7-8,19,21H2,1-4H3,(H,35,36,39)(H2,37,38,42). The molecule has 2 amide bonds. The number of hydrogen-bond acceptors (Lipinski definition) is 7.